The molecule has 2 aliphatic rings. The first-order chi connectivity index (χ1) is 19.3. The van der Waals surface area contributed by atoms with Gasteiger partial charge in [0, 0.05) is 51.6 Å². The highest BCUT2D eigenvalue weighted by atomic mass is 32.1. The Labute approximate surface area is 243 Å². The van der Waals surface area contributed by atoms with Gasteiger partial charge >= 0.3 is 6.03 Å². The largest absolute Gasteiger partial charge is 0.335 e. The van der Waals surface area contributed by atoms with E-state index in [-0.39, 0.29) is 29.6 Å². The molecule has 2 amide bonds. The first-order valence-electron chi connectivity index (χ1n) is 14.1. The van der Waals surface area contributed by atoms with Crippen molar-refractivity contribution in [3.63, 3.8) is 0 Å². The minimum Gasteiger partial charge on any atom is -0.335 e. The number of thiophene rings is 1. The number of amides is 2. The summed E-state index contributed by atoms with van der Waals surface area (Å²) in [5.41, 5.74) is 3.17. The van der Waals surface area contributed by atoms with E-state index in [0.29, 0.717) is 21.6 Å². The van der Waals surface area contributed by atoms with Crippen molar-refractivity contribution in [3.05, 3.63) is 68.6 Å². The molecule has 2 saturated heterocycles. The van der Waals surface area contributed by atoms with Gasteiger partial charge in [0.15, 0.2) is 10.9 Å². The molecule has 10 heteroatoms. The summed E-state index contributed by atoms with van der Waals surface area (Å²) in [5.74, 6) is 0.600. The number of carbonyl (C=O) groups is 2. The zero-order chi connectivity index (χ0) is 28.1. The maximum atomic E-state index is 13.4. The van der Waals surface area contributed by atoms with Crippen LogP contribution in [0.25, 0.3) is 0 Å². The number of urea groups is 1. The summed E-state index contributed by atoms with van der Waals surface area (Å²) in [6.07, 6.45) is 4.18. The number of nitrogens with zero attached hydrogens (tertiary/aromatic N) is 3. The van der Waals surface area contributed by atoms with E-state index in [0.717, 1.165) is 58.5 Å². The highest BCUT2D eigenvalue weighted by Gasteiger charge is 2.33. The fourth-order valence-corrected chi connectivity index (χ4v) is 7.63. The van der Waals surface area contributed by atoms with Gasteiger partial charge in [-0.2, -0.15) is 11.3 Å². The minimum atomic E-state index is -0.266. The van der Waals surface area contributed by atoms with Crippen molar-refractivity contribution in [2.75, 3.05) is 38.0 Å². The second-order valence-electron chi connectivity index (χ2n) is 11.2. The third-order valence-corrected chi connectivity index (χ3v) is 9.90. The van der Waals surface area contributed by atoms with E-state index >= 15 is 0 Å². The second-order valence-corrected chi connectivity index (χ2v) is 13.0. The van der Waals surface area contributed by atoms with Crippen LogP contribution in [-0.4, -0.2) is 65.4 Å². The van der Waals surface area contributed by atoms with Crippen molar-refractivity contribution in [1.82, 2.24) is 20.1 Å². The average molecular weight is 584 g/mol. The van der Waals surface area contributed by atoms with Crippen LogP contribution in [0, 0.1) is 24.6 Å². The average Bonchev–Trinajstić information content (AvgIpc) is 3.56. The van der Waals surface area contributed by atoms with Gasteiger partial charge in [-0.3, -0.25) is 15.0 Å². The number of rotatable bonds is 9. The number of ketones is 1. The number of benzene rings is 1. The first kappa shape index (κ1) is 28.9. The lowest BCUT2D eigenvalue weighted by Crippen LogP contribution is -2.55. The molecule has 0 unspecified atom stereocenters. The molecule has 214 valence electrons. The van der Waals surface area contributed by atoms with Gasteiger partial charge in [0.05, 0.1) is 10.6 Å². The lowest BCUT2D eigenvalue weighted by Gasteiger charge is -2.42. The van der Waals surface area contributed by atoms with Gasteiger partial charge in [-0.25, -0.2) is 14.2 Å². The zero-order valence-electron chi connectivity index (χ0n) is 23.2. The molecule has 3 aromatic rings. The standard InChI is InChI=1S/C30H38FN5O2S2/c1-20-28(21(2)37)40-30(32-20)34-29(38)33-27-9-12-36(16-24-10-13-39-19-24)18-25(27)17-35-11-3-4-23(15-35)14-22-5-7-26(31)8-6-22/h5-8,10,13,19,23,25,27H,3-4,9,11-12,14-18H2,1-2H3,(H2,32,33,34,38)/t23-,25+,27+/m0/s1. The maximum absolute atomic E-state index is 13.4. The van der Waals surface area contributed by atoms with Crippen LogP contribution < -0.4 is 10.6 Å². The SMILES string of the molecule is CC(=O)c1sc(NC(=O)N[C@@H]2CCN(Cc3ccsc3)C[C@H]2CN2CCC[C@@H](Cc3ccc(F)cc3)C2)nc1C. The predicted octanol–water partition coefficient (Wildman–Crippen LogP) is 5.82. The van der Waals surface area contributed by atoms with E-state index in [4.69, 9.17) is 0 Å². The van der Waals surface area contributed by atoms with E-state index < -0.39 is 0 Å². The molecule has 3 atom stereocenters. The van der Waals surface area contributed by atoms with Crippen molar-refractivity contribution >= 4 is 39.6 Å². The Hall–Kier alpha value is -2.66. The van der Waals surface area contributed by atoms with E-state index in [1.165, 1.54) is 35.8 Å². The Morgan fingerprint density at radius 3 is 2.62 bits per heavy atom. The van der Waals surface area contributed by atoms with Gasteiger partial charge in [0.2, 0.25) is 0 Å². The summed E-state index contributed by atoms with van der Waals surface area (Å²) in [7, 11) is 0. The quantitative estimate of drug-likeness (QED) is 0.311. The van der Waals surface area contributed by atoms with E-state index in [1.807, 2.05) is 12.1 Å². The molecule has 0 spiro atoms. The lowest BCUT2D eigenvalue weighted by atomic mass is 9.88. The molecule has 2 aliphatic heterocycles. The first-order valence-corrected chi connectivity index (χ1v) is 15.8. The molecule has 0 saturated carbocycles. The van der Waals surface area contributed by atoms with Crippen LogP contribution in [-0.2, 0) is 13.0 Å². The summed E-state index contributed by atoms with van der Waals surface area (Å²) in [6.45, 7) is 9.09. The van der Waals surface area contributed by atoms with Crippen molar-refractivity contribution in [3.8, 4) is 0 Å². The number of halogens is 1. The molecule has 4 heterocycles. The van der Waals surface area contributed by atoms with Gasteiger partial charge in [-0.15, -0.1) is 0 Å². The van der Waals surface area contributed by atoms with Crippen molar-refractivity contribution < 1.29 is 14.0 Å². The molecule has 2 fully saturated rings. The maximum Gasteiger partial charge on any atom is 0.321 e. The lowest BCUT2D eigenvalue weighted by molar-refractivity contribution is 0.0819. The summed E-state index contributed by atoms with van der Waals surface area (Å²) in [5, 5.41) is 10.9. The van der Waals surface area contributed by atoms with Crippen LogP contribution in [0.5, 0.6) is 0 Å². The highest BCUT2D eigenvalue weighted by Crippen LogP contribution is 2.27. The van der Waals surface area contributed by atoms with Crippen LogP contribution in [0.4, 0.5) is 14.3 Å². The molecule has 40 heavy (non-hydrogen) atoms. The molecule has 0 bridgehead atoms. The monoisotopic (exact) mass is 583 g/mol. The Bertz CT molecular complexity index is 1280. The van der Waals surface area contributed by atoms with Gasteiger partial charge < -0.3 is 10.2 Å². The normalized spacial score (nSPS) is 22.2. The van der Waals surface area contributed by atoms with Crippen molar-refractivity contribution in [2.45, 2.75) is 52.1 Å². The van der Waals surface area contributed by atoms with E-state index in [2.05, 4.69) is 42.2 Å². The number of carbonyl (C=O) groups excluding carboxylic acids is 2. The molecule has 2 N–H and O–H groups in total. The highest BCUT2D eigenvalue weighted by molar-refractivity contribution is 7.17. The Kier molecular flexibility index (Phi) is 9.62. The smallest absolute Gasteiger partial charge is 0.321 e. The van der Waals surface area contributed by atoms with Gasteiger partial charge in [-0.1, -0.05) is 23.5 Å². The number of nitrogens with one attached hydrogen (secondary N) is 2. The molecule has 1 aromatic carbocycles. The number of thiazole rings is 1. The number of Topliss-reactive ketones (excluding diaryl/α,β-unsaturated/α-hetero) is 1. The fraction of sp³-hybridized carbons (Fsp3) is 0.500. The predicted molar refractivity (Wildman–Crippen MR) is 160 cm³/mol. The van der Waals surface area contributed by atoms with Crippen LogP contribution in [0.2, 0.25) is 0 Å². The van der Waals surface area contributed by atoms with Crippen LogP contribution in [0.15, 0.2) is 41.1 Å². The summed E-state index contributed by atoms with van der Waals surface area (Å²) < 4.78 is 13.4. The van der Waals surface area contributed by atoms with Gasteiger partial charge in [-0.05, 0) is 85.2 Å². The Morgan fingerprint density at radius 2 is 1.90 bits per heavy atom. The fourth-order valence-electron chi connectivity index (χ4n) is 6.11. The third-order valence-electron chi connectivity index (χ3n) is 7.99. The molecular weight excluding hydrogens is 545 g/mol. The van der Waals surface area contributed by atoms with Gasteiger partial charge in [0.25, 0.3) is 0 Å². The molecule has 0 radical (unpaired) electrons. The number of likely N-dealkylation sites (tertiary alicyclic amines) is 2. The summed E-state index contributed by atoms with van der Waals surface area (Å²) in [4.78, 5) is 34.9. The number of aryl methyl sites for hydroxylation is 1. The summed E-state index contributed by atoms with van der Waals surface area (Å²) in [6, 6.07) is 8.87. The second kappa shape index (κ2) is 13.3. The molecule has 7 nitrogen and oxygen atoms in total. The van der Waals surface area contributed by atoms with Crippen LogP contribution in [0.3, 0.4) is 0 Å². The van der Waals surface area contributed by atoms with E-state index in [9.17, 15) is 14.0 Å². The number of aromatic nitrogens is 1. The number of piperidine rings is 2. The molecule has 2 aromatic heterocycles. The molecule has 5 rings (SSSR count). The molecular formula is C30H38FN5O2S2. The minimum absolute atomic E-state index is 0.0409. The van der Waals surface area contributed by atoms with E-state index in [1.54, 1.807) is 30.4 Å². The number of hydrogen-bond donors (Lipinski definition) is 2. The topological polar surface area (TPSA) is 77.6 Å². The number of anilines is 1. The van der Waals surface area contributed by atoms with Crippen molar-refractivity contribution in [1.29, 1.82) is 0 Å². The van der Waals surface area contributed by atoms with Crippen molar-refractivity contribution in [2.24, 2.45) is 11.8 Å². The van der Waals surface area contributed by atoms with Crippen LogP contribution in [0.1, 0.15) is 52.7 Å². The molecule has 0 aliphatic carbocycles. The van der Waals surface area contributed by atoms with Crippen LogP contribution >= 0.6 is 22.7 Å². The third kappa shape index (κ3) is 7.75. The Morgan fingerprint density at radius 1 is 1.07 bits per heavy atom. The Balaban J connectivity index is 1.22. The number of hydrogen-bond acceptors (Lipinski definition) is 7. The summed E-state index contributed by atoms with van der Waals surface area (Å²) >= 11 is 2.95. The van der Waals surface area contributed by atoms with Gasteiger partial charge in [0.1, 0.15) is 5.82 Å². The zero-order valence-corrected chi connectivity index (χ0v) is 24.8.